The Hall–Kier alpha value is -1.49. The van der Waals surface area contributed by atoms with Gasteiger partial charge in [0.2, 0.25) is 11.8 Å². The zero-order chi connectivity index (χ0) is 14.8. The van der Waals surface area contributed by atoms with E-state index in [4.69, 9.17) is 0 Å². The molecule has 1 N–H and O–H groups in total. The fourth-order valence-corrected chi connectivity index (χ4v) is 4.02. The van der Waals surface area contributed by atoms with Crippen molar-refractivity contribution in [3.63, 3.8) is 0 Å². The highest BCUT2D eigenvalue weighted by molar-refractivity contribution is 7.99. The molecule has 5 heteroatoms. The van der Waals surface area contributed by atoms with E-state index in [1.54, 1.807) is 0 Å². The number of hydrogen-bond donors (Lipinski definition) is 1. The van der Waals surface area contributed by atoms with Crippen molar-refractivity contribution >= 4 is 23.6 Å². The predicted molar refractivity (Wildman–Crippen MR) is 84.1 cm³/mol. The van der Waals surface area contributed by atoms with Crippen molar-refractivity contribution < 1.29 is 9.59 Å². The fourth-order valence-electron chi connectivity index (χ4n) is 2.93. The van der Waals surface area contributed by atoms with Gasteiger partial charge in [0.05, 0.1) is 6.04 Å². The Kier molecular flexibility index (Phi) is 4.19. The van der Waals surface area contributed by atoms with E-state index in [9.17, 15) is 9.59 Å². The number of carbonyl (C=O) groups is 2. The fraction of sp³-hybridized carbons (Fsp3) is 0.500. The first-order chi connectivity index (χ1) is 10.1. The molecule has 2 aliphatic rings. The van der Waals surface area contributed by atoms with Gasteiger partial charge in [0.1, 0.15) is 6.04 Å². The molecule has 1 aromatic carbocycles. The summed E-state index contributed by atoms with van der Waals surface area (Å²) >= 11 is 1.89. The predicted octanol–water partition coefficient (Wildman–Crippen LogP) is 1.89. The molecule has 0 radical (unpaired) electrons. The first-order valence-electron chi connectivity index (χ1n) is 7.39. The normalized spacial score (nSPS) is 25.8. The summed E-state index contributed by atoms with van der Waals surface area (Å²) in [4.78, 5) is 26.0. The van der Waals surface area contributed by atoms with Gasteiger partial charge in [-0.3, -0.25) is 9.59 Å². The summed E-state index contributed by atoms with van der Waals surface area (Å²) in [5, 5.41) is 2.80. The summed E-state index contributed by atoms with van der Waals surface area (Å²) in [7, 11) is 0. The van der Waals surface area contributed by atoms with E-state index in [0.29, 0.717) is 12.8 Å². The van der Waals surface area contributed by atoms with Gasteiger partial charge in [-0.25, -0.2) is 0 Å². The molecule has 0 aliphatic carbocycles. The van der Waals surface area contributed by atoms with Crippen LogP contribution in [0.2, 0.25) is 0 Å². The molecule has 0 saturated carbocycles. The van der Waals surface area contributed by atoms with E-state index in [2.05, 4.69) is 36.5 Å². The van der Waals surface area contributed by atoms with Crippen LogP contribution >= 0.6 is 11.8 Å². The van der Waals surface area contributed by atoms with Gasteiger partial charge in [-0.05, 0) is 18.9 Å². The lowest BCUT2D eigenvalue weighted by Gasteiger charge is -2.37. The quantitative estimate of drug-likeness (QED) is 0.908. The minimum absolute atomic E-state index is 0.00776. The van der Waals surface area contributed by atoms with E-state index in [-0.39, 0.29) is 23.9 Å². The Morgan fingerprint density at radius 1 is 1.33 bits per heavy atom. The van der Waals surface area contributed by atoms with Crippen LogP contribution in [0.15, 0.2) is 24.3 Å². The number of carbonyl (C=O) groups excluding carboxylic acids is 2. The second-order valence-corrected chi connectivity index (χ2v) is 6.84. The number of hydrogen-bond acceptors (Lipinski definition) is 3. The average molecular weight is 304 g/mol. The number of thioether (sulfide) groups is 1. The molecule has 2 heterocycles. The number of rotatable bonds is 2. The summed E-state index contributed by atoms with van der Waals surface area (Å²) in [6.45, 7) is 2.82. The highest BCUT2D eigenvalue weighted by Crippen LogP contribution is 2.31. The minimum atomic E-state index is -0.325. The topological polar surface area (TPSA) is 49.4 Å². The third-order valence-corrected chi connectivity index (χ3v) is 5.19. The lowest BCUT2D eigenvalue weighted by Crippen LogP contribution is -2.49. The molecule has 112 valence electrons. The van der Waals surface area contributed by atoms with Crippen LogP contribution in [0.25, 0.3) is 0 Å². The van der Waals surface area contributed by atoms with E-state index in [1.165, 1.54) is 11.1 Å². The lowest BCUT2D eigenvalue weighted by atomic mass is 10.0. The SMILES string of the molecule is Cc1ccc([C@@H]2CSCCN2C(=O)[C@@H]2CCC(=O)N2)cc1. The van der Waals surface area contributed by atoms with Crippen molar-refractivity contribution in [2.75, 3.05) is 18.1 Å². The maximum absolute atomic E-state index is 12.7. The van der Waals surface area contributed by atoms with E-state index in [1.807, 2.05) is 16.7 Å². The van der Waals surface area contributed by atoms with Crippen molar-refractivity contribution in [3.05, 3.63) is 35.4 Å². The van der Waals surface area contributed by atoms with Crippen molar-refractivity contribution in [3.8, 4) is 0 Å². The molecule has 2 aliphatic heterocycles. The zero-order valence-corrected chi connectivity index (χ0v) is 13.0. The largest absolute Gasteiger partial charge is 0.344 e. The van der Waals surface area contributed by atoms with Gasteiger partial charge < -0.3 is 10.2 Å². The van der Waals surface area contributed by atoms with Gasteiger partial charge in [0, 0.05) is 24.5 Å². The zero-order valence-electron chi connectivity index (χ0n) is 12.2. The molecule has 4 nitrogen and oxygen atoms in total. The van der Waals surface area contributed by atoms with Crippen LogP contribution in [0.3, 0.4) is 0 Å². The Bertz CT molecular complexity index is 544. The van der Waals surface area contributed by atoms with Crippen molar-refractivity contribution in [1.29, 1.82) is 0 Å². The number of benzene rings is 1. The molecule has 1 aromatic rings. The third kappa shape index (κ3) is 3.07. The van der Waals surface area contributed by atoms with Gasteiger partial charge in [0.15, 0.2) is 0 Å². The molecular weight excluding hydrogens is 284 g/mol. The molecule has 0 bridgehead atoms. The maximum Gasteiger partial charge on any atom is 0.245 e. The molecule has 3 rings (SSSR count). The molecule has 21 heavy (non-hydrogen) atoms. The number of aryl methyl sites for hydroxylation is 1. The van der Waals surface area contributed by atoms with E-state index >= 15 is 0 Å². The van der Waals surface area contributed by atoms with Crippen LogP contribution in [0, 0.1) is 6.92 Å². The molecule has 2 atom stereocenters. The standard InChI is InChI=1S/C16H20N2O2S/c1-11-2-4-12(5-3-11)14-10-21-9-8-18(14)16(20)13-6-7-15(19)17-13/h2-5,13-14H,6-10H2,1H3,(H,17,19)/t13-,14-/m0/s1. The Labute approximate surface area is 129 Å². The highest BCUT2D eigenvalue weighted by atomic mass is 32.2. The summed E-state index contributed by atoms with van der Waals surface area (Å²) in [6.07, 6.45) is 1.09. The van der Waals surface area contributed by atoms with E-state index < -0.39 is 0 Å². The van der Waals surface area contributed by atoms with E-state index in [0.717, 1.165) is 18.1 Å². The van der Waals surface area contributed by atoms with Gasteiger partial charge in [-0.15, -0.1) is 0 Å². The lowest BCUT2D eigenvalue weighted by molar-refractivity contribution is -0.136. The van der Waals surface area contributed by atoms with Crippen LogP contribution in [-0.4, -0.2) is 40.8 Å². The second-order valence-electron chi connectivity index (χ2n) is 5.69. The molecule has 0 unspecified atom stereocenters. The summed E-state index contributed by atoms with van der Waals surface area (Å²) in [6, 6.07) is 8.20. The first kappa shape index (κ1) is 14.4. The van der Waals surface area contributed by atoms with Crippen molar-refractivity contribution in [1.82, 2.24) is 10.2 Å². The Morgan fingerprint density at radius 2 is 2.10 bits per heavy atom. The van der Waals surface area contributed by atoms with Crippen LogP contribution < -0.4 is 5.32 Å². The Balaban J connectivity index is 1.79. The van der Waals surface area contributed by atoms with Gasteiger partial charge >= 0.3 is 0 Å². The van der Waals surface area contributed by atoms with Crippen molar-refractivity contribution in [2.45, 2.75) is 31.8 Å². The minimum Gasteiger partial charge on any atom is -0.344 e. The van der Waals surface area contributed by atoms with Gasteiger partial charge in [0.25, 0.3) is 0 Å². The third-order valence-electron chi connectivity index (χ3n) is 4.17. The summed E-state index contributed by atoms with van der Waals surface area (Å²) in [5.41, 5.74) is 2.41. The molecule has 0 spiro atoms. The van der Waals surface area contributed by atoms with Crippen LogP contribution in [-0.2, 0) is 9.59 Å². The monoisotopic (exact) mass is 304 g/mol. The first-order valence-corrected chi connectivity index (χ1v) is 8.55. The molecular formula is C16H20N2O2S. The molecule has 2 fully saturated rings. The Morgan fingerprint density at radius 3 is 2.76 bits per heavy atom. The van der Waals surface area contributed by atoms with Gasteiger partial charge in [-0.2, -0.15) is 11.8 Å². The van der Waals surface area contributed by atoms with Crippen LogP contribution in [0.4, 0.5) is 0 Å². The second kappa shape index (κ2) is 6.10. The molecule has 0 aromatic heterocycles. The molecule has 2 amide bonds. The highest BCUT2D eigenvalue weighted by Gasteiger charge is 2.35. The van der Waals surface area contributed by atoms with Crippen LogP contribution in [0.1, 0.15) is 30.0 Å². The molecule has 2 saturated heterocycles. The summed E-state index contributed by atoms with van der Waals surface area (Å²) < 4.78 is 0. The number of nitrogens with zero attached hydrogens (tertiary/aromatic N) is 1. The maximum atomic E-state index is 12.7. The average Bonchev–Trinajstić information content (AvgIpc) is 2.94. The smallest absolute Gasteiger partial charge is 0.245 e. The number of amides is 2. The van der Waals surface area contributed by atoms with Crippen LogP contribution in [0.5, 0.6) is 0 Å². The number of nitrogens with one attached hydrogen (secondary N) is 1. The van der Waals surface area contributed by atoms with Gasteiger partial charge in [-0.1, -0.05) is 29.8 Å². The summed E-state index contributed by atoms with van der Waals surface area (Å²) in [5.74, 6) is 1.96. The van der Waals surface area contributed by atoms with Crippen molar-refractivity contribution in [2.24, 2.45) is 0 Å².